The molecule has 2 heterocycles. The van der Waals surface area contributed by atoms with E-state index < -0.39 is 0 Å². The van der Waals surface area contributed by atoms with E-state index in [0.29, 0.717) is 5.92 Å². The van der Waals surface area contributed by atoms with Gasteiger partial charge in [-0.3, -0.25) is 4.40 Å². The number of hydrogen-bond donors (Lipinski definition) is 0. The predicted octanol–water partition coefficient (Wildman–Crippen LogP) is 2.69. The first kappa shape index (κ1) is 9.65. The largest absolute Gasteiger partial charge is 0.290 e. The molecule has 0 aliphatic heterocycles. The van der Waals surface area contributed by atoms with Crippen LogP contribution in [0.1, 0.15) is 19.5 Å². The van der Waals surface area contributed by atoms with E-state index in [0.717, 1.165) is 22.4 Å². The molecule has 0 aromatic carbocycles. The van der Waals surface area contributed by atoms with Crippen LogP contribution in [0.5, 0.6) is 0 Å². The minimum Gasteiger partial charge on any atom is -0.290 e. The second-order valence-electron chi connectivity index (χ2n) is 3.81. The molecule has 0 radical (unpaired) electrons. The second kappa shape index (κ2) is 3.69. The van der Waals surface area contributed by atoms with Gasteiger partial charge in [0, 0.05) is 18.6 Å². The molecule has 2 rings (SSSR count). The molecule has 0 aliphatic carbocycles. The Balaban J connectivity index is 2.41. The molecule has 0 spiro atoms. The van der Waals surface area contributed by atoms with Gasteiger partial charge in [0.25, 0.3) is 0 Å². The molecular formula is C10H12BrN3. The molecule has 0 bridgehead atoms. The van der Waals surface area contributed by atoms with Crippen molar-refractivity contribution in [3.8, 4) is 0 Å². The average molecular weight is 254 g/mol. The van der Waals surface area contributed by atoms with E-state index in [4.69, 9.17) is 0 Å². The lowest BCUT2D eigenvalue weighted by Crippen LogP contribution is -1.93. The smallest absolute Gasteiger partial charge is 0.233 e. The van der Waals surface area contributed by atoms with Gasteiger partial charge in [-0.15, -0.1) is 0 Å². The van der Waals surface area contributed by atoms with Crippen LogP contribution in [0.15, 0.2) is 23.1 Å². The first-order valence-electron chi connectivity index (χ1n) is 4.64. The highest BCUT2D eigenvalue weighted by atomic mass is 79.9. The van der Waals surface area contributed by atoms with Crippen molar-refractivity contribution in [3.05, 3.63) is 28.8 Å². The van der Waals surface area contributed by atoms with Gasteiger partial charge in [-0.1, -0.05) is 13.8 Å². The van der Waals surface area contributed by atoms with E-state index in [-0.39, 0.29) is 0 Å². The molecule has 0 amide bonds. The maximum Gasteiger partial charge on any atom is 0.233 e. The van der Waals surface area contributed by atoms with E-state index in [1.54, 1.807) is 6.20 Å². The van der Waals surface area contributed by atoms with Crippen molar-refractivity contribution in [2.75, 3.05) is 0 Å². The fourth-order valence-corrected chi connectivity index (χ4v) is 1.75. The average Bonchev–Trinajstić information content (AvgIpc) is 2.44. The fraction of sp³-hybridized carbons (Fsp3) is 0.400. The van der Waals surface area contributed by atoms with Crippen LogP contribution in [0.3, 0.4) is 0 Å². The fourth-order valence-electron chi connectivity index (χ4n) is 1.43. The summed E-state index contributed by atoms with van der Waals surface area (Å²) in [6, 6.07) is 0. The number of halogens is 1. The van der Waals surface area contributed by atoms with Crippen LogP contribution in [0.25, 0.3) is 5.78 Å². The summed E-state index contributed by atoms with van der Waals surface area (Å²) in [6.45, 7) is 4.38. The van der Waals surface area contributed by atoms with E-state index in [9.17, 15) is 0 Å². The number of aromatic nitrogens is 3. The summed E-state index contributed by atoms with van der Waals surface area (Å²) >= 11 is 3.38. The van der Waals surface area contributed by atoms with Crippen molar-refractivity contribution in [1.29, 1.82) is 0 Å². The van der Waals surface area contributed by atoms with Gasteiger partial charge in [0.1, 0.15) is 0 Å². The molecule has 0 aliphatic rings. The Bertz CT molecular complexity index is 448. The minimum atomic E-state index is 0.628. The van der Waals surface area contributed by atoms with Crippen LogP contribution < -0.4 is 0 Å². The summed E-state index contributed by atoms with van der Waals surface area (Å²) in [5.74, 6) is 1.40. The number of fused-ring (bicyclic) bond motifs is 1. The quantitative estimate of drug-likeness (QED) is 0.824. The topological polar surface area (TPSA) is 30.2 Å². The normalized spacial score (nSPS) is 11.4. The Morgan fingerprint density at radius 1 is 1.43 bits per heavy atom. The van der Waals surface area contributed by atoms with Crippen molar-refractivity contribution in [3.63, 3.8) is 0 Å². The van der Waals surface area contributed by atoms with Crippen molar-refractivity contribution in [2.45, 2.75) is 20.3 Å². The van der Waals surface area contributed by atoms with Crippen molar-refractivity contribution in [2.24, 2.45) is 5.92 Å². The van der Waals surface area contributed by atoms with Gasteiger partial charge in [-0.05, 0) is 28.3 Å². The van der Waals surface area contributed by atoms with Crippen molar-refractivity contribution in [1.82, 2.24) is 14.4 Å². The lowest BCUT2D eigenvalue weighted by atomic mass is 10.1. The molecule has 0 fully saturated rings. The van der Waals surface area contributed by atoms with Gasteiger partial charge in [-0.25, -0.2) is 9.97 Å². The summed E-state index contributed by atoms with van der Waals surface area (Å²) in [5.41, 5.74) is 1.10. The maximum atomic E-state index is 4.42. The lowest BCUT2D eigenvalue weighted by molar-refractivity contribution is 0.638. The van der Waals surface area contributed by atoms with E-state index in [1.807, 2.05) is 16.8 Å². The summed E-state index contributed by atoms with van der Waals surface area (Å²) in [7, 11) is 0. The summed E-state index contributed by atoms with van der Waals surface area (Å²) < 4.78 is 2.92. The number of imidazole rings is 1. The van der Waals surface area contributed by atoms with Gasteiger partial charge in [-0.2, -0.15) is 0 Å². The third-order valence-corrected chi connectivity index (χ3v) is 2.36. The molecule has 0 unspecified atom stereocenters. The zero-order chi connectivity index (χ0) is 10.1. The van der Waals surface area contributed by atoms with Crippen molar-refractivity contribution >= 4 is 21.7 Å². The standard InChI is InChI=1S/C10H12BrN3/c1-7(2)3-9-6-14-5-8(11)4-12-10(14)13-9/h4-7H,3H2,1-2H3. The van der Waals surface area contributed by atoms with Crippen LogP contribution in [0.2, 0.25) is 0 Å². The van der Waals surface area contributed by atoms with Crippen LogP contribution >= 0.6 is 15.9 Å². The van der Waals surface area contributed by atoms with E-state index in [1.165, 1.54) is 0 Å². The molecule has 0 atom stereocenters. The Morgan fingerprint density at radius 2 is 2.21 bits per heavy atom. The molecule has 2 aromatic heterocycles. The lowest BCUT2D eigenvalue weighted by Gasteiger charge is -1.97. The van der Waals surface area contributed by atoms with Crippen LogP contribution in [0.4, 0.5) is 0 Å². The molecule has 3 nitrogen and oxygen atoms in total. The van der Waals surface area contributed by atoms with Crippen LogP contribution in [-0.2, 0) is 6.42 Å². The van der Waals surface area contributed by atoms with Gasteiger partial charge >= 0.3 is 0 Å². The first-order valence-corrected chi connectivity index (χ1v) is 5.43. The molecular weight excluding hydrogens is 242 g/mol. The Hall–Kier alpha value is -0.900. The molecule has 4 heteroatoms. The van der Waals surface area contributed by atoms with Crippen molar-refractivity contribution < 1.29 is 0 Å². The highest BCUT2D eigenvalue weighted by Gasteiger charge is 2.04. The Kier molecular flexibility index (Phi) is 2.54. The van der Waals surface area contributed by atoms with Gasteiger partial charge in [0.15, 0.2) is 0 Å². The van der Waals surface area contributed by atoms with Gasteiger partial charge in [0.2, 0.25) is 5.78 Å². The molecule has 14 heavy (non-hydrogen) atoms. The molecule has 0 saturated heterocycles. The Labute approximate surface area is 91.3 Å². The highest BCUT2D eigenvalue weighted by molar-refractivity contribution is 9.10. The number of nitrogens with zero attached hydrogens (tertiary/aromatic N) is 3. The molecule has 0 saturated carbocycles. The van der Waals surface area contributed by atoms with Gasteiger partial charge < -0.3 is 0 Å². The molecule has 74 valence electrons. The highest BCUT2D eigenvalue weighted by Crippen LogP contribution is 2.11. The summed E-state index contributed by atoms with van der Waals surface area (Å²) in [6.07, 6.45) is 6.77. The van der Waals surface area contributed by atoms with E-state index >= 15 is 0 Å². The zero-order valence-corrected chi connectivity index (χ0v) is 9.82. The summed E-state index contributed by atoms with van der Waals surface area (Å²) in [5, 5.41) is 0. The Morgan fingerprint density at radius 3 is 2.93 bits per heavy atom. The molecule has 2 aromatic rings. The third kappa shape index (κ3) is 1.95. The zero-order valence-electron chi connectivity index (χ0n) is 8.24. The van der Waals surface area contributed by atoms with Gasteiger partial charge in [0.05, 0.1) is 10.2 Å². The van der Waals surface area contributed by atoms with Crippen LogP contribution in [0, 0.1) is 5.92 Å². The van der Waals surface area contributed by atoms with E-state index in [2.05, 4.69) is 39.7 Å². The monoisotopic (exact) mass is 253 g/mol. The summed E-state index contributed by atoms with van der Waals surface area (Å²) in [4.78, 5) is 8.64. The second-order valence-corrected chi connectivity index (χ2v) is 4.73. The van der Waals surface area contributed by atoms with Crippen LogP contribution in [-0.4, -0.2) is 14.4 Å². The molecule has 0 N–H and O–H groups in total. The minimum absolute atomic E-state index is 0.628. The predicted molar refractivity (Wildman–Crippen MR) is 59.2 cm³/mol. The first-order chi connectivity index (χ1) is 6.65. The number of hydrogen-bond acceptors (Lipinski definition) is 2. The SMILES string of the molecule is CC(C)Cc1cn2cc(Br)cnc2n1. The third-order valence-electron chi connectivity index (χ3n) is 1.95. The maximum absolute atomic E-state index is 4.42. The number of rotatable bonds is 2.